The Labute approximate surface area is 75.1 Å². The summed E-state index contributed by atoms with van der Waals surface area (Å²) in [5.74, 6) is -1.09. The maximum absolute atomic E-state index is 10.5. The molecule has 0 radical (unpaired) electrons. The van der Waals surface area contributed by atoms with Crippen LogP contribution in [-0.4, -0.2) is 20.9 Å². The number of carboxylic acid groups (broad SMARTS) is 1. The highest BCUT2D eigenvalue weighted by Crippen LogP contribution is 2.14. The number of aliphatic carboxylic acids is 1. The summed E-state index contributed by atoms with van der Waals surface area (Å²) in [6, 6.07) is 0. The number of aromatic nitrogens is 2. The SMILES string of the molecule is CC(Cn1ncc(N)c1N)C(=O)O. The van der Waals surface area contributed by atoms with Gasteiger partial charge in [-0.15, -0.1) is 0 Å². The summed E-state index contributed by atoms with van der Waals surface area (Å²) in [4.78, 5) is 10.5. The first kappa shape index (κ1) is 9.37. The van der Waals surface area contributed by atoms with Gasteiger partial charge in [0.2, 0.25) is 0 Å². The van der Waals surface area contributed by atoms with Crippen molar-refractivity contribution in [1.82, 2.24) is 9.78 Å². The molecule has 0 amide bonds. The second-order valence-corrected chi connectivity index (χ2v) is 2.91. The molecular weight excluding hydrogens is 172 g/mol. The van der Waals surface area contributed by atoms with Gasteiger partial charge in [-0.1, -0.05) is 6.92 Å². The zero-order valence-electron chi connectivity index (χ0n) is 7.27. The minimum Gasteiger partial charge on any atom is -0.481 e. The third kappa shape index (κ3) is 1.90. The molecule has 1 aromatic rings. The van der Waals surface area contributed by atoms with Crippen molar-refractivity contribution in [3.8, 4) is 0 Å². The van der Waals surface area contributed by atoms with Crippen LogP contribution in [0.4, 0.5) is 11.5 Å². The fourth-order valence-corrected chi connectivity index (χ4v) is 0.892. The van der Waals surface area contributed by atoms with E-state index < -0.39 is 11.9 Å². The zero-order chi connectivity index (χ0) is 10.0. The lowest BCUT2D eigenvalue weighted by Gasteiger charge is -2.07. The molecule has 0 bridgehead atoms. The van der Waals surface area contributed by atoms with E-state index in [9.17, 15) is 4.79 Å². The average Bonchev–Trinajstić information content (AvgIpc) is 2.36. The topological polar surface area (TPSA) is 107 Å². The number of anilines is 2. The summed E-state index contributed by atoms with van der Waals surface area (Å²) in [5, 5.41) is 12.5. The Morgan fingerprint density at radius 1 is 1.77 bits per heavy atom. The lowest BCUT2D eigenvalue weighted by molar-refractivity contribution is -0.141. The zero-order valence-corrected chi connectivity index (χ0v) is 7.27. The fraction of sp³-hybridized carbons (Fsp3) is 0.429. The molecule has 0 aliphatic heterocycles. The van der Waals surface area contributed by atoms with Gasteiger partial charge in [0.15, 0.2) is 0 Å². The molecule has 1 atom stereocenters. The third-order valence-electron chi connectivity index (χ3n) is 1.78. The van der Waals surface area contributed by atoms with Gasteiger partial charge in [0.1, 0.15) is 5.82 Å². The van der Waals surface area contributed by atoms with Gasteiger partial charge in [-0.05, 0) is 0 Å². The van der Waals surface area contributed by atoms with E-state index in [-0.39, 0.29) is 6.54 Å². The number of hydrogen-bond acceptors (Lipinski definition) is 4. The Hall–Kier alpha value is -1.72. The second kappa shape index (κ2) is 3.34. The van der Waals surface area contributed by atoms with Crippen LogP contribution in [-0.2, 0) is 11.3 Å². The van der Waals surface area contributed by atoms with Crippen molar-refractivity contribution in [3.05, 3.63) is 6.20 Å². The summed E-state index contributed by atoms with van der Waals surface area (Å²) in [6.07, 6.45) is 1.41. The maximum Gasteiger partial charge on any atom is 0.308 e. The molecule has 0 aliphatic carbocycles. The predicted octanol–water partition coefficient (Wildman–Crippen LogP) is -0.232. The maximum atomic E-state index is 10.5. The van der Waals surface area contributed by atoms with Crippen molar-refractivity contribution >= 4 is 17.5 Å². The Bertz CT molecular complexity index is 320. The van der Waals surface area contributed by atoms with Crippen LogP contribution in [0.15, 0.2) is 6.20 Å². The predicted molar refractivity (Wildman–Crippen MR) is 47.9 cm³/mol. The average molecular weight is 184 g/mol. The van der Waals surface area contributed by atoms with E-state index in [0.717, 1.165) is 0 Å². The van der Waals surface area contributed by atoms with Gasteiger partial charge in [0.25, 0.3) is 0 Å². The lowest BCUT2D eigenvalue weighted by atomic mass is 10.2. The van der Waals surface area contributed by atoms with Gasteiger partial charge in [0, 0.05) is 0 Å². The first-order chi connectivity index (χ1) is 6.02. The second-order valence-electron chi connectivity index (χ2n) is 2.91. The molecule has 1 aromatic heterocycles. The van der Waals surface area contributed by atoms with Crippen LogP contribution < -0.4 is 11.5 Å². The van der Waals surface area contributed by atoms with Gasteiger partial charge >= 0.3 is 5.97 Å². The van der Waals surface area contributed by atoms with Gasteiger partial charge in [-0.3, -0.25) is 4.79 Å². The van der Waals surface area contributed by atoms with Crippen molar-refractivity contribution in [3.63, 3.8) is 0 Å². The molecule has 1 heterocycles. The largest absolute Gasteiger partial charge is 0.481 e. The smallest absolute Gasteiger partial charge is 0.308 e. The Kier molecular flexibility index (Phi) is 2.41. The van der Waals surface area contributed by atoms with E-state index in [4.69, 9.17) is 16.6 Å². The molecule has 0 aliphatic rings. The van der Waals surface area contributed by atoms with Crippen LogP contribution in [0.2, 0.25) is 0 Å². The van der Waals surface area contributed by atoms with Crippen LogP contribution in [0.1, 0.15) is 6.92 Å². The molecule has 0 fully saturated rings. The summed E-state index contributed by atoms with van der Waals surface area (Å²) in [7, 11) is 0. The lowest BCUT2D eigenvalue weighted by Crippen LogP contribution is -2.18. The van der Waals surface area contributed by atoms with Crippen LogP contribution in [0, 0.1) is 5.92 Å². The van der Waals surface area contributed by atoms with Crippen molar-refractivity contribution in [2.45, 2.75) is 13.5 Å². The molecule has 6 nitrogen and oxygen atoms in total. The molecule has 13 heavy (non-hydrogen) atoms. The number of carboxylic acids is 1. The Morgan fingerprint density at radius 3 is 2.77 bits per heavy atom. The number of carbonyl (C=O) groups is 1. The summed E-state index contributed by atoms with van der Waals surface area (Å²) < 4.78 is 1.38. The quantitative estimate of drug-likeness (QED) is 0.601. The standard InChI is InChI=1S/C7H12N4O2/c1-4(7(12)13)3-11-6(9)5(8)2-10-11/h2,4H,3,8-9H2,1H3,(H,12,13). The van der Waals surface area contributed by atoms with E-state index in [0.29, 0.717) is 11.5 Å². The van der Waals surface area contributed by atoms with Crippen LogP contribution >= 0.6 is 0 Å². The number of nitrogen functional groups attached to an aromatic ring is 2. The highest BCUT2D eigenvalue weighted by molar-refractivity contribution is 5.69. The minimum absolute atomic E-state index is 0.234. The van der Waals surface area contributed by atoms with Crippen LogP contribution in [0.5, 0.6) is 0 Å². The number of nitrogens with two attached hydrogens (primary N) is 2. The minimum atomic E-state index is -0.881. The van der Waals surface area contributed by atoms with Gasteiger partial charge in [-0.2, -0.15) is 5.10 Å². The normalized spacial score (nSPS) is 12.7. The molecule has 1 rings (SSSR count). The van der Waals surface area contributed by atoms with Crippen molar-refractivity contribution in [2.75, 3.05) is 11.5 Å². The molecule has 0 saturated carbocycles. The first-order valence-electron chi connectivity index (χ1n) is 3.82. The van der Waals surface area contributed by atoms with Gasteiger partial charge in [-0.25, -0.2) is 4.68 Å². The molecule has 5 N–H and O–H groups in total. The van der Waals surface area contributed by atoms with E-state index in [1.165, 1.54) is 10.9 Å². The number of rotatable bonds is 3. The third-order valence-corrected chi connectivity index (χ3v) is 1.78. The van der Waals surface area contributed by atoms with E-state index in [2.05, 4.69) is 5.10 Å². The van der Waals surface area contributed by atoms with Crippen molar-refractivity contribution < 1.29 is 9.90 Å². The summed E-state index contributed by atoms with van der Waals surface area (Å²) in [6.45, 7) is 1.82. The molecule has 0 saturated heterocycles. The number of hydrogen-bond donors (Lipinski definition) is 3. The molecular formula is C7H12N4O2. The summed E-state index contributed by atoms with van der Waals surface area (Å²) in [5.41, 5.74) is 11.3. The summed E-state index contributed by atoms with van der Waals surface area (Å²) >= 11 is 0. The molecule has 1 unspecified atom stereocenters. The first-order valence-corrected chi connectivity index (χ1v) is 3.82. The monoisotopic (exact) mass is 184 g/mol. The van der Waals surface area contributed by atoms with Gasteiger partial charge in [0.05, 0.1) is 24.3 Å². The Morgan fingerprint density at radius 2 is 2.38 bits per heavy atom. The molecule has 6 heteroatoms. The molecule has 0 aromatic carbocycles. The number of nitrogens with zero attached hydrogens (tertiary/aromatic N) is 2. The van der Waals surface area contributed by atoms with Crippen molar-refractivity contribution in [2.24, 2.45) is 5.92 Å². The van der Waals surface area contributed by atoms with Gasteiger partial charge < -0.3 is 16.6 Å². The van der Waals surface area contributed by atoms with E-state index in [1.807, 2.05) is 0 Å². The Balaban J connectivity index is 2.74. The highest BCUT2D eigenvalue weighted by atomic mass is 16.4. The van der Waals surface area contributed by atoms with Crippen LogP contribution in [0.3, 0.4) is 0 Å². The molecule has 0 spiro atoms. The van der Waals surface area contributed by atoms with E-state index >= 15 is 0 Å². The van der Waals surface area contributed by atoms with E-state index in [1.54, 1.807) is 6.92 Å². The van der Waals surface area contributed by atoms with Crippen molar-refractivity contribution in [1.29, 1.82) is 0 Å². The van der Waals surface area contributed by atoms with Crippen LogP contribution in [0.25, 0.3) is 0 Å². The molecule has 72 valence electrons. The fourth-order valence-electron chi connectivity index (χ4n) is 0.892. The highest BCUT2D eigenvalue weighted by Gasteiger charge is 2.14.